The SMILES string of the molecule is C=C(C)c1cc(Cn2c(=O)[nH]c3c(N)nc4ccccc4c32)ccc1CN(CC)CC. The fraction of sp³-hybridized carbons (Fsp3) is 0.280. The topological polar surface area (TPSA) is 79.9 Å². The molecule has 0 aliphatic rings. The van der Waals surface area contributed by atoms with Crippen LogP contribution in [0.5, 0.6) is 0 Å². The molecule has 0 aliphatic heterocycles. The van der Waals surface area contributed by atoms with Gasteiger partial charge in [0.15, 0.2) is 0 Å². The lowest BCUT2D eigenvalue weighted by atomic mass is 9.98. The maximum Gasteiger partial charge on any atom is 0.326 e. The molecule has 2 heterocycles. The summed E-state index contributed by atoms with van der Waals surface area (Å²) in [7, 11) is 0. The van der Waals surface area contributed by atoms with Crippen molar-refractivity contribution in [1.82, 2.24) is 19.4 Å². The van der Waals surface area contributed by atoms with Crippen LogP contribution < -0.4 is 11.4 Å². The van der Waals surface area contributed by atoms with E-state index < -0.39 is 0 Å². The van der Waals surface area contributed by atoms with Gasteiger partial charge in [-0.25, -0.2) is 9.78 Å². The highest BCUT2D eigenvalue weighted by atomic mass is 16.1. The molecule has 0 fully saturated rings. The summed E-state index contributed by atoms with van der Waals surface area (Å²) in [6, 6.07) is 14.2. The third-order valence-corrected chi connectivity index (χ3v) is 5.90. The normalized spacial score (nSPS) is 11.6. The van der Waals surface area contributed by atoms with Crippen molar-refractivity contribution >= 4 is 33.3 Å². The Hall–Kier alpha value is -3.38. The molecule has 3 N–H and O–H groups in total. The number of pyridine rings is 1. The largest absolute Gasteiger partial charge is 0.382 e. The van der Waals surface area contributed by atoms with Gasteiger partial charge in [0.25, 0.3) is 0 Å². The number of rotatable bonds is 7. The van der Waals surface area contributed by atoms with Gasteiger partial charge in [0.2, 0.25) is 0 Å². The molecule has 0 amide bonds. The smallest absolute Gasteiger partial charge is 0.326 e. The van der Waals surface area contributed by atoms with Crippen molar-refractivity contribution in [3.63, 3.8) is 0 Å². The van der Waals surface area contributed by atoms with Crippen molar-refractivity contribution in [3.05, 3.63) is 76.2 Å². The van der Waals surface area contributed by atoms with Gasteiger partial charge < -0.3 is 10.7 Å². The molecule has 2 aromatic carbocycles. The average molecular weight is 416 g/mol. The summed E-state index contributed by atoms with van der Waals surface area (Å²) in [5, 5.41) is 0.906. The van der Waals surface area contributed by atoms with Crippen LogP contribution in [-0.4, -0.2) is 32.5 Å². The van der Waals surface area contributed by atoms with Crippen molar-refractivity contribution in [3.8, 4) is 0 Å². The predicted molar refractivity (Wildman–Crippen MR) is 129 cm³/mol. The van der Waals surface area contributed by atoms with Gasteiger partial charge in [0, 0.05) is 11.9 Å². The van der Waals surface area contributed by atoms with Crippen LogP contribution >= 0.6 is 0 Å². The number of benzene rings is 2. The highest BCUT2D eigenvalue weighted by Gasteiger charge is 2.16. The van der Waals surface area contributed by atoms with Crippen molar-refractivity contribution in [2.75, 3.05) is 18.8 Å². The number of imidazole rings is 1. The first-order chi connectivity index (χ1) is 14.9. The number of anilines is 1. The van der Waals surface area contributed by atoms with Gasteiger partial charge in [-0.05, 0) is 48.8 Å². The van der Waals surface area contributed by atoms with Gasteiger partial charge in [-0.2, -0.15) is 0 Å². The number of aromatic amines is 1. The van der Waals surface area contributed by atoms with Crippen molar-refractivity contribution in [1.29, 1.82) is 0 Å². The van der Waals surface area contributed by atoms with E-state index in [0.717, 1.165) is 52.8 Å². The third-order valence-electron chi connectivity index (χ3n) is 5.90. The molecule has 4 rings (SSSR count). The molecule has 0 aliphatic carbocycles. The molecule has 31 heavy (non-hydrogen) atoms. The lowest BCUT2D eigenvalue weighted by molar-refractivity contribution is 0.295. The molecule has 0 saturated carbocycles. The van der Waals surface area contributed by atoms with E-state index in [1.807, 2.05) is 31.2 Å². The first kappa shape index (κ1) is 20.9. The van der Waals surface area contributed by atoms with E-state index in [1.165, 1.54) is 5.56 Å². The lowest BCUT2D eigenvalue weighted by Gasteiger charge is -2.21. The quantitative estimate of drug-likeness (QED) is 0.469. The maximum absolute atomic E-state index is 12.8. The van der Waals surface area contributed by atoms with Gasteiger partial charge in [-0.15, -0.1) is 0 Å². The van der Waals surface area contributed by atoms with Crippen molar-refractivity contribution in [2.24, 2.45) is 0 Å². The molecule has 6 nitrogen and oxygen atoms in total. The molecule has 0 atom stereocenters. The number of allylic oxidation sites excluding steroid dienone is 1. The van der Waals surface area contributed by atoms with Crippen LogP contribution in [0.4, 0.5) is 5.82 Å². The zero-order chi connectivity index (χ0) is 22.1. The number of aromatic nitrogens is 3. The summed E-state index contributed by atoms with van der Waals surface area (Å²) in [4.78, 5) is 22.6. The Bertz CT molecular complexity index is 1330. The third kappa shape index (κ3) is 3.86. The van der Waals surface area contributed by atoms with E-state index in [2.05, 4.69) is 53.5 Å². The molecule has 6 heteroatoms. The minimum absolute atomic E-state index is 0.191. The monoisotopic (exact) mass is 415 g/mol. The second kappa shape index (κ2) is 8.40. The van der Waals surface area contributed by atoms with E-state index in [1.54, 1.807) is 4.57 Å². The van der Waals surface area contributed by atoms with Crippen molar-refractivity contribution < 1.29 is 0 Å². The van der Waals surface area contributed by atoms with Crippen LogP contribution in [-0.2, 0) is 13.1 Å². The first-order valence-electron chi connectivity index (χ1n) is 10.7. The Balaban J connectivity index is 1.81. The summed E-state index contributed by atoms with van der Waals surface area (Å²) in [6.45, 7) is 13.9. The first-order valence-corrected chi connectivity index (χ1v) is 10.7. The standard InChI is InChI=1S/C25H29N5O/c1-5-29(6-2)15-18-12-11-17(13-20(18)16(3)4)14-30-23-19-9-7-8-10-21(19)27-24(26)22(23)28-25(30)31/h7-13H,3,5-6,14-15H2,1-2,4H3,(H2,26,27)(H,28,31). The summed E-state index contributed by atoms with van der Waals surface area (Å²) in [6.07, 6.45) is 0. The zero-order valence-electron chi connectivity index (χ0n) is 18.4. The molecule has 160 valence electrons. The Kier molecular flexibility index (Phi) is 5.65. The summed E-state index contributed by atoms with van der Waals surface area (Å²) < 4.78 is 1.75. The summed E-state index contributed by atoms with van der Waals surface area (Å²) in [5.41, 5.74) is 12.6. The van der Waals surface area contributed by atoms with Crippen LogP contribution in [0.15, 0.2) is 53.8 Å². The number of nitrogens with two attached hydrogens (primary N) is 1. The molecule has 4 aromatic rings. The van der Waals surface area contributed by atoms with E-state index >= 15 is 0 Å². The van der Waals surface area contributed by atoms with Crippen molar-refractivity contribution in [2.45, 2.75) is 33.9 Å². The highest BCUT2D eigenvalue weighted by Crippen LogP contribution is 2.27. The van der Waals surface area contributed by atoms with E-state index in [-0.39, 0.29) is 5.69 Å². The summed E-state index contributed by atoms with van der Waals surface area (Å²) >= 11 is 0. The minimum atomic E-state index is -0.191. The van der Waals surface area contributed by atoms with Gasteiger partial charge in [-0.3, -0.25) is 9.47 Å². The molecule has 0 unspecified atom stereocenters. The predicted octanol–water partition coefficient (Wildman–Crippen LogP) is 4.38. The molecular weight excluding hydrogens is 386 g/mol. The number of hydrogen-bond acceptors (Lipinski definition) is 4. The Morgan fingerprint density at radius 1 is 1.19 bits per heavy atom. The van der Waals surface area contributed by atoms with Crippen LogP contribution in [0.25, 0.3) is 27.5 Å². The van der Waals surface area contributed by atoms with Gasteiger partial charge in [0.05, 0.1) is 17.6 Å². The number of nitrogens with one attached hydrogen (secondary N) is 1. The van der Waals surface area contributed by atoms with Crippen LogP contribution in [0.1, 0.15) is 37.5 Å². The fourth-order valence-corrected chi connectivity index (χ4v) is 4.17. The Morgan fingerprint density at radius 2 is 1.94 bits per heavy atom. The van der Waals surface area contributed by atoms with Gasteiger partial charge in [-0.1, -0.05) is 56.3 Å². The fourth-order valence-electron chi connectivity index (χ4n) is 4.17. The molecule has 2 aromatic heterocycles. The number of fused-ring (bicyclic) bond motifs is 3. The zero-order valence-corrected chi connectivity index (χ0v) is 18.4. The number of nitrogens with zero attached hydrogens (tertiary/aromatic N) is 3. The number of H-pyrrole nitrogens is 1. The number of nitrogen functional groups attached to an aromatic ring is 1. The van der Waals surface area contributed by atoms with Crippen LogP contribution in [0.2, 0.25) is 0 Å². The van der Waals surface area contributed by atoms with Gasteiger partial charge >= 0.3 is 5.69 Å². The second-order valence-electron chi connectivity index (χ2n) is 7.99. The van der Waals surface area contributed by atoms with E-state index in [0.29, 0.717) is 17.9 Å². The van der Waals surface area contributed by atoms with Crippen LogP contribution in [0.3, 0.4) is 0 Å². The van der Waals surface area contributed by atoms with E-state index in [9.17, 15) is 4.79 Å². The molecule has 0 radical (unpaired) electrons. The lowest BCUT2D eigenvalue weighted by Crippen LogP contribution is -2.23. The Morgan fingerprint density at radius 3 is 2.65 bits per heavy atom. The van der Waals surface area contributed by atoms with Gasteiger partial charge in [0.1, 0.15) is 11.3 Å². The number of hydrogen-bond donors (Lipinski definition) is 2. The minimum Gasteiger partial charge on any atom is -0.382 e. The average Bonchev–Trinajstić information content (AvgIpc) is 3.09. The second-order valence-corrected chi connectivity index (χ2v) is 7.99. The molecule has 0 bridgehead atoms. The van der Waals surface area contributed by atoms with E-state index in [4.69, 9.17) is 5.73 Å². The molecular formula is C25H29N5O. The Labute approximate surface area is 182 Å². The maximum atomic E-state index is 12.8. The molecule has 0 spiro atoms. The molecule has 0 saturated heterocycles. The van der Waals surface area contributed by atoms with Crippen LogP contribution in [0, 0.1) is 0 Å². The number of para-hydroxylation sites is 1. The summed E-state index contributed by atoms with van der Waals surface area (Å²) in [5.74, 6) is 0.335. The highest BCUT2D eigenvalue weighted by molar-refractivity contribution is 6.06.